The summed E-state index contributed by atoms with van der Waals surface area (Å²) in [4.78, 5) is 31.1. The van der Waals surface area contributed by atoms with Crippen molar-refractivity contribution in [2.24, 2.45) is 0 Å². The molecule has 0 spiro atoms. The lowest BCUT2D eigenvalue weighted by Gasteiger charge is -2.24. The topological polar surface area (TPSA) is 113 Å². The van der Waals surface area contributed by atoms with Gasteiger partial charge in [0.25, 0.3) is 0 Å². The van der Waals surface area contributed by atoms with Gasteiger partial charge < -0.3 is 25.2 Å². The average Bonchev–Trinajstić information content (AvgIpc) is 3.01. The van der Waals surface area contributed by atoms with Gasteiger partial charge in [-0.1, -0.05) is 36.4 Å². The number of aliphatic carboxylic acids is 1. The number of aryl methyl sites for hydroxylation is 2. The number of fused-ring (bicyclic) bond motifs is 1. The van der Waals surface area contributed by atoms with Crippen LogP contribution >= 0.6 is 0 Å². The van der Waals surface area contributed by atoms with Crippen LogP contribution in [-0.4, -0.2) is 65.9 Å². The van der Waals surface area contributed by atoms with E-state index in [1.807, 2.05) is 30.3 Å². The highest BCUT2D eigenvalue weighted by molar-refractivity contribution is 5.79. The Morgan fingerprint density at radius 3 is 2.62 bits per heavy atom. The molecule has 10 heteroatoms. The Kier molecular flexibility index (Phi) is 11.9. The first-order valence-electron chi connectivity index (χ1n) is 14.5. The second-order valence-corrected chi connectivity index (χ2v) is 10.3. The van der Waals surface area contributed by atoms with Gasteiger partial charge in [-0.3, -0.25) is 4.90 Å². The quantitative estimate of drug-likeness (QED) is 0.203. The van der Waals surface area contributed by atoms with Gasteiger partial charge in [-0.25, -0.2) is 19.0 Å². The molecule has 0 saturated heterocycles. The van der Waals surface area contributed by atoms with E-state index in [1.54, 1.807) is 12.1 Å². The minimum atomic E-state index is -1.12. The van der Waals surface area contributed by atoms with Gasteiger partial charge in [0.05, 0.1) is 0 Å². The van der Waals surface area contributed by atoms with Crippen LogP contribution in [0.25, 0.3) is 0 Å². The molecule has 2 heterocycles. The molecule has 3 N–H and O–H groups in total. The fraction of sp³-hybridized carbons (Fsp3) is 0.406. The van der Waals surface area contributed by atoms with Crippen molar-refractivity contribution in [2.45, 2.75) is 51.2 Å². The molecule has 0 saturated carbocycles. The average molecular weight is 579 g/mol. The number of carboxylic acids is 1. The number of carbonyl (C=O) groups excluding carboxylic acids is 1. The molecule has 1 amide bonds. The Morgan fingerprint density at radius 2 is 1.83 bits per heavy atom. The van der Waals surface area contributed by atoms with E-state index >= 15 is 0 Å². The van der Waals surface area contributed by atoms with Crippen molar-refractivity contribution in [1.82, 2.24) is 15.2 Å². The zero-order chi connectivity index (χ0) is 29.6. The summed E-state index contributed by atoms with van der Waals surface area (Å²) in [6.45, 7) is 3.07. The van der Waals surface area contributed by atoms with Crippen molar-refractivity contribution < 1.29 is 28.6 Å². The Morgan fingerprint density at radius 1 is 1.02 bits per heavy atom. The number of hydrogen-bond acceptors (Lipinski definition) is 7. The number of amides is 1. The first-order valence-corrected chi connectivity index (χ1v) is 14.5. The molecule has 1 aliphatic heterocycles. The third-order valence-corrected chi connectivity index (χ3v) is 7.14. The van der Waals surface area contributed by atoms with E-state index in [-0.39, 0.29) is 18.8 Å². The number of ether oxygens (including phenoxy) is 2. The molecule has 224 valence electrons. The Hall–Kier alpha value is -4.18. The number of anilines is 1. The number of aromatic nitrogens is 1. The van der Waals surface area contributed by atoms with Crippen LogP contribution in [0.3, 0.4) is 0 Å². The number of carboxylic acid groups (broad SMARTS) is 1. The molecular formula is C32H39FN4O5. The summed E-state index contributed by atoms with van der Waals surface area (Å²) in [6.07, 6.45) is 4.26. The summed E-state index contributed by atoms with van der Waals surface area (Å²) in [6, 6.07) is 18.2. The number of carbonyl (C=O) groups is 2. The third kappa shape index (κ3) is 10.3. The second-order valence-electron chi connectivity index (χ2n) is 10.3. The van der Waals surface area contributed by atoms with Crippen LogP contribution in [0, 0.1) is 5.82 Å². The molecule has 1 unspecified atom stereocenters. The summed E-state index contributed by atoms with van der Waals surface area (Å²) >= 11 is 0. The lowest BCUT2D eigenvalue weighted by Crippen LogP contribution is -2.43. The molecule has 0 bridgehead atoms. The first-order chi connectivity index (χ1) is 20.5. The number of alkyl carbamates (subject to hydrolysis) is 1. The second kappa shape index (κ2) is 16.3. The van der Waals surface area contributed by atoms with Crippen LogP contribution in [0.2, 0.25) is 0 Å². The van der Waals surface area contributed by atoms with E-state index < -0.39 is 18.1 Å². The molecule has 0 aliphatic carbocycles. The molecule has 1 aliphatic rings. The molecule has 9 nitrogen and oxygen atoms in total. The summed E-state index contributed by atoms with van der Waals surface area (Å²) in [5, 5.41) is 15.6. The maximum Gasteiger partial charge on any atom is 0.408 e. The van der Waals surface area contributed by atoms with Crippen LogP contribution in [0.4, 0.5) is 15.0 Å². The van der Waals surface area contributed by atoms with E-state index in [1.165, 1.54) is 17.7 Å². The normalized spacial score (nSPS) is 13.1. The molecule has 1 aromatic heterocycles. The van der Waals surface area contributed by atoms with Crippen LogP contribution < -0.4 is 15.4 Å². The standard InChI is InChI=1S/C32H39FN4O5/c33-26-12-15-28(16-13-26)41-22-21-37(19-5-4-10-27-14-11-25-9-6-18-34-30(25)35-27)20-17-29(31(38)39)36-32(40)42-23-24-7-2-1-3-8-24/h1-3,7-8,11-16,29H,4-6,9-10,17-23H2,(H,34,35)(H,36,40)(H,38,39). The number of nitrogens with zero attached hydrogens (tertiary/aromatic N) is 2. The number of rotatable bonds is 16. The highest BCUT2D eigenvalue weighted by Crippen LogP contribution is 2.20. The van der Waals surface area contributed by atoms with Crippen LogP contribution in [0.1, 0.15) is 42.5 Å². The van der Waals surface area contributed by atoms with Gasteiger partial charge in [-0.2, -0.15) is 0 Å². The zero-order valence-corrected chi connectivity index (χ0v) is 23.8. The van der Waals surface area contributed by atoms with Gasteiger partial charge >= 0.3 is 12.1 Å². The Balaban J connectivity index is 1.27. The summed E-state index contributed by atoms with van der Waals surface area (Å²) < 4.78 is 24.2. The van der Waals surface area contributed by atoms with E-state index in [2.05, 4.69) is 27.7 Å². The summed E-state index contributed by atoms with van der Waals surface area (Å²) in [5.41, 5.74) is 3.13. The molecule has 0 fully saturated rings. The number of benzene rings is 2. The number of nitrogens with one attached hydrogen (secondary N) is 2. The summed E-state index contributed by atoms with van der Waals surface area (Å²) in [7, 11) is 0. The SMILES string of the molecule is O=C(NC(CCN(CCCCc1ccc2c(n1)NCCC2)CCOc1ccc(F)cc1)C(=O)O)OCc1ccccc1. The summed E-state index contributed by atoms with van der Waals surface area (Å²) in [5.74, 6) is 0.103. The minimum absolute atomic E-state index is 0.0565. The van der Waals surface area contributed by atoms with Crippen molar-refractivity contribution in [1.29, 1.82) is 0 Å². The molecule has 2 aromatic carbocycles. The van der Waals surface area contributed by atoms with Gasteiger partial charge in [-0.05, 0) is 86.5 Å². The third-order valence-electron chi connectivity index (χ3n) is 7.14. The zero-order valence-electron chi connectivity index (χ0n) is 23.8. The molecule has 0 radical (unpaired) electrons. The predicted molar refractivity (Wildman–Crippen MR) is 158 cm³/mol. The number of hydrogen-bond donors (Lipinski definition) is 3. The number of unbranched alkanes of at least 4 members (excludes halogenated alkanes) is 1. The maximum absolute atomic E-state index is 13.2. The Bertz CT molecular complexity index is 1280. The van der Waals surface area contributed by atoms with E-state index in [4.69, 9.17) is 14.5 Å². The van der Waals surface area contributed by atoms with Gasteiger partial charge in [-0.15, -0.1) is 0 Å². The van der Waals surface area contributed by atoms with E-state index in [9.17, 15) is 19.1 Å². The van der Waals surface area contributed by atoms with Crippen molar-refractivity contribution in [3.05, 3.63) is 89.4 Å². The molecule has 3 aromatic rings. The smallest absolute Gasteiger partial charge is 0.408 e. The monoisotopic (exact) mass is 578 g/mol. The number of halogens is 1. The van der Waals surface area contributed by atoms with Crippen molar-refractivity contribution in [2.75, 3.05) is 38.1 Å². The maximum atomic E-state index is 13.2. The fourth-order valence-corrected chi connectivity index (χ4v) is 4.78. The first kappa shape index (κ1) is 30.8. The largest absolute Gasteiger partial charge is 0.492 e. The van der Waals surface area contributed by atoms with Gasteiger partial charge in [0.2, 0.25) is 0 Å². The van der Waals surface area contributed by atoms with Crippen LogP contribution in [-0.2, 0) is 29.0 Å². The molecule has 42 heavy (non-hydrogen) atoms. The lowest BCUT2D eigenvalue weighted by molar-refractivity contribution is -0.139. The highest BCUT2D eigenvalue weighted by Gasteiger charge is 2.22. The van der Waals surface area contributed by atoms with Crippen LogP contribution in [0.5, 0.6) is 5.75 Å². The van der Waals surface area contributed by atoms with Crippen molar-refractivity contribution in [3.8, 4) is 5.75 Å². The van der Waals surface area contributed by atoms with Gasteiger partial charge in [0.15, 0.2) is 0 Å². The molecule has 4 rings (SSSR count). The van der Waals surface area contributed by atoms with Crippen LogP contribution in [0.15, 0.2) is 66.7 Å². The molecule has 1 atom stereocenters. The number of pyridine rings is 1. The minimum Gasteiger partial charge on any atom is -0.492 e. The lowest BCUT2D eigenvalue weighted by atomic mass is 10.1. The van der Waals surface area contributed by atoms with Crippen molar-refractivity contribution in [3.63, 3.8) is 0 Å². The van der Waals surface area contributed by atoms with E-state index in [0.29, 0.717) is 25.4 Å². The predicted octanol–water partition coefficient (Wildman–Crippen LogP) is 5.05. The van der Waals surface area contributed by atoms with Gasteiger partial charge in [0.1, 0.15) is 36.6 Å². The van der Waals surface area contributed by atoms with E-state index in [0.717, 1.165) is 62.3 Å². The van der Waals surface area contributed by atoms with Gasteiger partial charge in [0, 0.05) is 25.3 Å². The van der Waals surface area contributed by atoms with Crippen molar-refractivity contribution >= 4 is 17.9 Å². The fourth-order valence-electron chi connectivity index (χ4n) is 4.78. The highest BCUT2D eigenvalue weighted by atomic mass is 19.1. The molecular weight excluding hydrogens is 539 g/mol. The Labute approximate surface area is 246 Å².